The van der Waals surface area contributed by atoms with Crippen LogP contribution in [0.2, 0.25) is 0 Å². The number of fused-ring (bicyclic) bond motifs is 1. The number of carbonyl (C=O) groups is 2. The van der Waals surface area contributed by atoms with Crippen LogP contribution in [0.4, 0.5) is 4.79 Å². The van der Waals surface area contributed by atoms with Crippen LogP contribution >= 0.6 is 22.6 Å². The predicted molar refractivity (Wildman–Crippen MR) is 135 cm³/mol. The zero-order valence-electron chi connectivity index (χ0n) is 17.6. The zero-order chi connectivity index (χ0) is 24.5. The summed E-state index contributed by atoms with van der Waals surface area (Å²) in [5, 5.41) is 9.64. The van der Waals surface area contributed by atoms with Gasteiger partial charge < -0.3 is 11.1 Å². The van der Waals surface area contributed by atoms with Gasteiger partial charge in [0.05, 0.1) is 35.6 Å². The Labute approximate surface area is 207 Å². The van der Waals surface area contributed by atoms with E-state index in [1.807, 2.05) is 29.7 Å². The van der Waals surface area contributed by atoms with Crippen molar-refractivity contribution >= 4 is 51.1 Å². The van der Waals surface area contributed by atoms with Crippen LogP contribution in [0.3, 0.4) is 0 Å². The lowest BCUT2D eigenvalue weighted by Crippen LogP contribution is -2.30. The van der Waals surface area contributed by atoms with E-state index in [0.717, 1.165) is 9.13 Å². The molecular weight excluding hydrogens is 551 g/mol. The van der Waals surface area contributed by atoms with Gasteiger partial charge in [-0.15, -0.1) is 0 Å². The van der Waals surface area contributed by atoms with Crippen molar-refractivity contribution in [1.29, 1.82) is 5.53 Å². The van der Waals surface area contributed by atoms with Crippen molar-refractivity contribution in [2.75, 3.05) is 6.54 Å². The molecule has 13 heteroatoms. The van der Waals surface area contributed by atoms with Crippen LogP contribution in [-0.2, 0) is 6.54 Å². The average Bonchev–Trinajstić information content (AvgIpc) is 3.24. The lowest BCUT2D eigenvalue weighted by molar-refractivity contribution is 0.0969. The fourth-order valence-electron chi connectivity index (χ4n) is 3.13. The maximum Gasteiger partial charge on any atom is 0.347 e. The van der Waals surface area contributed by atoms with Crippen molar-refractivity contribution in [3.8, 4) is 0 Å². The summed E-state index contributed by atoms with van der Waals surface area (Å²) >= 11 is 2.20. The van der Waals surface area contributed by atoms with E-state index in [9.17, 15) is 9.59 Å². The molecule has 5 N–H and O–H groups in total. The van der Waals surface area contributed by atoms with E-state index in [2.05, 4.69) is 48.1 Å². The molecule has 0 aliphatic carbocycles. The quantitative estimate of drug-likeness (QED) is 0.0790. The van der Waals surface area contributed by atoms with Crippen LogP contribution in [0.25, 0.3) is 21.3 Å². The SMILES string of the molecule is [N-]=[N+]=NCC(=NCc1ccc(I)cc1)C(=CN)NC(=O)c1cn(C(=O)NN=N)c2ccccc12. The lowest BCUT2D eigenvalue weighted by Gasteiger charge is -2.11. The van der Waals surface area contributed by atoms with Gasteiger partial charge in [-0.1, -0.05) is 40.7 Å². The Kier molecular flexibility index (Phi) is 8.32. The summed E-state index contributed by atoms with van der Waals surface area (Å²) in [6, 6.07) is 13.8. The van der Waals surface area contributed by atoms with E-state index in [4.69, 9.17) is 16.8 Å². The van der Waals surface area contributed by atoms with E-state index in [1.165, 1.54) is 17.0 Å². The number of hydrogen-bond donors (Lipinski definition) is 4. The molecule has 0 aliphatic heterocycles. The summed E-state index contributed by atoms with van der Waals surface area (Å²) in [6.07, 6.45) is 2.51. The Bertz CT molecular complexity index is 1340. The topological polar surface area (TPSA) is 186 Å². The molecule has 1 heterocycles. The average molecular weight is 570 g/mol. The summed E-state index contributed by atoms with van der Waals surface area (Å²) in [7, 11) is 0. The molecule has 12 nitrogen and oxygen atoms in total. The van der Waals surface area contributed by atoms with Crippen LogP contribution in [0.5, 0.6) is 0 Å². The minimum Gasteiger partial charge on any atom is -0.403 e. The van der Waals surface area contributed by atoms with Crippen LogP contribution in [-0.4, -0.2) is 28.8 Å². The molecule has 0 fully saturated rings. The number of azide groups is 1. The van der Waals surface area contributed by atoms with Gasteiger partial charge in [-0.2, -0.15) is 5.53 Å². The number of nitrogens with one attached hydrogen (secondary N) is 3. The van der Waals surface area contributed by atoms with E-state index < -0.39 is 11.9 Å². The summed E-state index contributed by atoms with van der Waals surface area (Å²) in [6.45, 7) is 0.163. The van der Waals surface area contributed by atoms with E-state index in [-0.39, 0.29) is 24.4 Å². The highest BCUT2D eigenvalue weighted by atomic mass is 127. The summed E-state index contributed by atoms with van der Waals surface area (Å²) in [5.41, 5.74) is 25.4. The highest BCUT2D eigenvalue weighted by Crippen LogP contribution is 2.21. The van der Waals surface area contributed by atoms with Crippen molar-refractivity contribution in [3.63, 3.8) is 0 Å². The number of nitrogens with zero attached hydrogens (tertiary/aromatic N) is 6. The molecule has 0 bridgehead atoms. The Hall–Kier alpha value is -4.23. The van der Waals surface area contributed by atoms with Crippen molar-refractivity contribution in [3.05, 3.63) is 91.8 Å². The standard InChI is InChI=1S/C21H19IN10O2/c22-14-7-5-13(6-8-14)10-26-18(11-27-30-24)17(9-23)28-20(33)16-12-32(21(34)29-31-25)19-4-2-1-3-15(16)19/h1-9,12H,10-11,23H2,(H,28,33)(H2,25,29,34). The molecule has 2 aromatic carbocycles. The van der Waals surface area contributed by atoms with Crippen molar-refractivity contribution < 1.29 is 9.59 Å². The zero-order valence-corrected chi connectivity index (χ0v) is 19.8. The van der Waals surface area contributed by atoms with Crippen LogP contribution in [0, 0.1) is 9.10 Å². The largest absolute Gasteiger partial charge is 0.403 e. The Morgan fingerprint density at radius 1 is 1.21 bits per heavy atom. The van der Waals surface area contributed by atoms with Gasteiger partial charge in [0.2, 0.25) is 0 Å². The molecule has 0 saturated carbocycles. The van der Waals surface area contributed by atoms with Gasteiger partial charge in [-0.3, -0.25) is 14.4 Å². The summed E-state index contributed by atoms with van der Waals surface area (Å²) in [5.74, 6) is -0.551. The van der Waals surface area contributed by atoms with Gasteiger partial charge in [0, 0.05) is 26.3 Å². The van der Waals surface area contributed by atoms with Crippen LogP contribution in [0.15, 0.2) is 82.0 Å². The highest BCUT2D eigenvalue weighted by molar-refractivity contribution is 14.1. The molecule has 2 amide bonds. The second-order valence-electron chi connectivity index (χ2n) is 6.77. The molecule has 1 aromatic heterocycles. The Morgan fingerprint density at radius 2 is 1.94 bits per heavy atom. The summed E-state index contributed by atoms with van der Waals surface area (Å²) < 4.78 is 2.26. The number of para-hydroxylation sites is 1. The first kappa shape index (κ1) is 24.4. The number of aromatic nitrogens is 1. The molecule has 0 atom stereocenters. The first-order chi connectivity index (χ1) is 16.5. The Balaban J connectivity index is 1.91. The molecule has 3 aromatic rings. The van der Waals surface area contributed by atoms with Gasteiger partial charge in [-0.25, -0.2) is 10.2 Å². The minimum absolute atomic E-state index is 0.126. The third-order valence-electron chi connectivity index (χ3n) is 4.70. The maximum atomic E-state index is 13.1. The third-order valence-corrected chi connectivity index (χ3v) is 5.42. The molecule has 3 rings (SSSR count). The van der Waals surface area contributed by atoms with E-state index in [0.29, 0.717) is 16.6 Å². The second kappa shape index (κ2) is 11.6. The molecule has 0 saturated heterocycles. The fourth-order valence-corrected chi connectivity index (χ4v) is 3.49. The number of halogens is 1. The molecule has 34 heavy (non-hydrogen) atoms. The number of hydrogen-bond acceptors (Lipinski definition) is 7. The monoisotopic (exact) mass is 570 g/mol. The third kappa shape index (κ3) is 5.76. The molecule has 0 spiro atoms. The number of amides is 2. The normalized spacial score (nSPS) is 11.6. The number of nitrogens with two attached hydrogens (primary N) is 1. The highest BCUT2D eigenvalue weighted by Gasteiger charge is 2.20. The molecule has 172 valence electrons. The van der Waals surface area contributed by atoms with Gasteiger partial charge in [0.15, 0.2) is 0 Å². The maximum absolute atomic E-state index is 13.1. The smallest absolute Gasteiger partial charge is 0.347 e. The molecule has 0 aliphatic rings. The number of benzene rings is 2. The van der Waals surface area contributed by atoms with Gasteiger partial charge in [0.1, 0.15) is 0 Å². The van der Waals surface area contributed by atoms with Crippen molar-refractivity contribution in [2.24, 2.45) is 21.1 Å². The Morgan fingerprint density at radius 3 is 2.62 bits per heavy atom. The number of rotatable bonds is 8. The van der Waals surface area contributed by atoms with Crippen molar-refractivity contribution in [2.45, 2.75) is 6.54 Å². The fraction of sp³-hybridized carbons (Fsp3) is 0.0952. The lowest BCUT2D eigenvalue weighted by atomic mass is 10.1. The molecule has 0 radical (unpaired) electrons. The predicted octanol–water partition coefficient (Wildman–Crippen LogP) is 4.23. The first-order valence-corrected chi connectivity index (χ1v) is 10.9. The second-order valence-corrected chi connectivity index (χ2v) is 8.02. The molecule has 0 unspecified atom stereocenters. The van der Waals surface area contributed by atoms with E-state index in [1.54, 1.807) is 24.3 Å². The van der Waals surface area contributed by atoms with Gasteiger partial charge in [0.25, 0.3) is 5.91 Å². The van der Waals surface area contributed by atoms with Crippen LogP contribution in [0.1, 0.15) is 15.9 Å². The van der Waals surface area contributed by atoms with Crippen LogP contribution < -0.4 is 16.5 Å². The van der Waals surface area contributed by atoms with Crippen molar-refractivity contribution in [1.82, 2.24) is 15.3 Å². The molecular formula is C21H19IN10O2. The van der Waals surface area contributed by atoms with Gasteiger partial charge >= 0.3 is 6.03 Å². The summed E-state index contributed by atoms with van der Waals surface area (Å²) in [4.78, 5) is 32.6. The minimum atomic E-state index is -0.692. The van der Waals surface area contributed by atoms with Gasteiger partial charge in [-0.05, 0) is 51.9 Å². The first-order valence-electron chi connectivity index (χ1n) is 9.77. The number of aliphatic imine (C=N–C) groups is 1. The number of carbonyl (C=O) groups excluding carboxylic acids is 2. The van der Waals surface area contributed by atoms with E-state index >= 15 is 0 Å².